The number of nitrogens with two attached hydrogens (primary N) is 1. The summed E-state index contributed by atoms with van der Waals surface area (Å²) >= 11 is 3.34. The second kappa shape index (κ2) is 4.79. The van der Waals surface area contributed by atoms with Crippen molar-refractivity contribution >= 4 is 15.9 Å². The summed E-state index contributed by atoms with van der Waals surface area (Å²) in [6.07, 6.45) is 2.73. The van der Waals surface area contributed by atoms with Gasteiger partial charge in [0.05, 0.1) is 12.3 Å². The van der Waals surface area contributed by atoms with E-state index in [4.69, 9.17) is 10.3 Å². The summed E-state index contributed by atoms with van der Waals surface area (Å²) in [5, 5.41) is 0. The van der Waals surface area contributed by atoms with E-state index >= 15 is 0 Å². The Morgan fingerprint density at radius 3 is 2.77 bits per heavy atom. The third-order valence-electron chi connectivity index (χ3n) is 2.37. The average molecular weight is 247 g/mol. The fraction of sp³-hybridized carbons (Fsp3) is 0.556. The van der Waals surface area contributed by atoms with Crippen molar-refractivity contribution in [3.63, 3.8) is 0 Å². The van der Waals surface area contributed by atoms with Gasteiger partial charge in [-0.15, -0.1) is 0 Å². The summed E-state index contributed by atoms with van der Waals surface area (Å²) in [6, 6.07) is 2.08. The predicted molar refractivity (Wildman–Crippen MR) is 55.9 cm³/mol. The normalized spacial score (nSPS) is 15.7. The van der Waals surface area contributed by atoms with Gasteiger partial charge in [-0.1, -0.05) is 20.3 Å². The van der Waals surface area contributed by atoms with Crippen molar-refractivity contribution in [1.29, 1.82) is 0 Å². The lowest BCUT2D eigenvalue weighted by atomic mass is 9.95. The van der Waals surface area contributed by atoms with Crippen molar-refractivity contribution in [2.24, 2.45) is 11.8 Å². The fourth-order valence-corrected chi connectivity index (χ4v) is 1.81. The number of furan rings is 1. The SMILES string of the molecule is CCC(C)C(NN)c1ccoc1Br. The van der Waals surface area contributed by atoms with Crippen molar-refractivity contribution in [2.75, 3.05) is 0 Å². The monoisotopic (exact) mass is 246 g/mol. The van der Waals surface area contributed by atoms with Crippen LogP contribution in [-0.2, 0) is 0 Å². The molecule has 0 saturated heterocycles. The second-order valence-electron chi connectivity index (χ2n) is 3.18. The number of hydrogen-bond acceptors (Lipinski definition) is 3. The van der Waals surface area contributed by atoms with Gasteiger partial charge in [0.15, 0.2) is 4.67 Å². The smallest absolute Gasteiger partial charge is 0.173 e. The summed E-state index contributed by atoms with van der Waals surface area (Å²) in [7, 11) is 0. The van der Waals surface area contributed by atoms with Gasteiger partial charge < -0.3 is 4.42 Å². The molecule has 0 bridgehead atoms. The highest BCUT2D eigenvalue weighted by atomic mass is 79.9. The van der Waals surface area contributed by atoms with Gasteiger partial charge in [-0.2, -0.15) is 0 Å². The fourth-order valence-electron chi connectivity index (χ4n) is 1.32. The van der Waals surface area contributed by atoms with E-state index in [1.54, 1.807) is 6.26 Å². The molecule has 0 aliphatic rings. The Morgan fingerprint density at radius 1 is 1.69 bits per heavy atom. The Balaban J connectivity index is 2.84. The number of nitrogens with one attached hydrogen (secondary N) is 1. The Bertz CT molecular complexity index is 262. The van der Waals surface area contributed by atoms with Crippen LogP contribution in [-0.4, -0.2) is 0 Å². The number of rotatable bonds is 4. The Hall–Kier alpha value is -0.320. The van der Waals surface area contributed by atoms with Gasteiger partial charge in [0, 0.05) is 5.56 Å². The minimum Gasteiger partial charge on any atom is -0.457 e. The van der Waals surface area contributed by atoms with E-state index in [0.29, 0.717) is 5.92 Å². The molecule has 1 aromatic heterocycles. The third-order valence-corrected chi connectivity index (χ3v) is 3.02. The first-order valence-electron chi connectivity index (χ1n) is 4.39. The first kappa shape index (κ1) is 10.8. The highest BCUT2D eigenvalue weighted by molar-refractivity contribution is 9.10. The van der Waals surface area contributed by atoms with E-state index in [9.17, 15) is 0 Å². The van der Waals surface area contributed by atoms with Crippen LogP contribution in [0.2, 0.25) is 0 Å². The van der Waals surface area contributed by atoms with Crippen LogP contribution in [0.15, 0.2) is 21.4 Å². The molecular weight excluding hydrogens is 232 g/mol. The van der Waals surface area contributed by atoms with Gasteiger partial charge in [0.2, 0.25) is 0 Å². The molecule has 3 nitrogen and oxygen atoms in total. The molecule has 0 saturated carbocycles. The summed E-state index contributed by atoms with van der Waals surface area (Å²) in [6.45, 7) is 4.30. The molecule has 0 amide bonds. The molecule has 2 unspecified atom stereocenters. The van der Waals surface area contributed by atoms with Gasteiger partial charge >= 0.3 is 0 Å². The zero-order chi connectivity index (χ0) is 9.84. The standard InChI is InChI=1S/C9H15BrN2O/c1-3-6(2)8(12-11)7-4-5-13-9(7)10/h4-6,8,12H,3,11H2,1-2H3. The van der Waals surface area contributed by atoms with Gasteiger partial charge in [0.1, 0.15) is 0 Å². The molecule has 1 heterocycles. The Labute approximate surface area is 86.8 Å². The van der Waals surface area contributed by atoms with E-state index in [1.807, 2.05) is 6.07 Å². The molecule has 13 heavy (non-hydrogen) atoms. The number of hydrazine groups is 1. The van der Waals surface area contributed by atoms with Crippen LogP contribution < -0.4 is 11.3 Å². The lowest BCUT2D eigenvalue weighted by Crippen LogP contribution is -2.32. The highest BCUT2D eigenvalue weighted by Crippen LogP contribution is 2.30. The number of halogens is 1. The molecule has 1 aromatic rings. The molecule has 0 spiro atoms. The van der Waals surface area contributed by atoms with Gasteiger partial charge in [0.25, 0.3) is 0 Å². The van der Waals surface area contributed by atoms with E-state index in [0.717, 1.165) is 16.7 Å². The van der Waals surface area contributed by atoms with Gasteiger partial charge in [-0.3, -0.25) is 11.3 Å². The van der Waals surface area contributed by atoms with E-state index < -0.39 is 0 Å². The zero-order valence-corrected chi connectivity index (χ0v) is 9.47. The third kappa shape index (κ3) is 2.33. The van der Waals surface area contributed by atoms with E-state index in [2.05, 4.69) is 35.2 Å². The summed E-state index contributed by atoms with van der Waals surface area (Å²) in [5.74, 6) is 5.98. The first-order chi connectivity index (χ1) is 6.20. The molecule has 2 atom stereocenters. The minimum atomic E-state index is 0.151. The summed E-state index contributed by atoms with van der Waals surface area (Å²) in [5.41, 5.74) is 3.89. The van der Waals surface area contributed by atoms with Crippen LogP contribution >= 0.6 is 15.9 Å². The Kier molecular flexibility index (Phi) is 3.96. The molecule has 0 aliphatic carbocycles. The van der Waals surface area contributed by atoms with Gasteiger partial charge in [-0.05, 0) is 27.9 Å². The molecule has 1 rings (SSSR count). The van der Waals surface area contributed by atoms with Gasteiger partial charge in [-0.25, -0.2) is 0 Å². The maximum atomic E-state index is 5.50. The van der Waals surface area contributed by atoms with Crippen LogP contribution in [0, 0.1) is 5.92 Å². The van der Waals surface area contributed by atoms with Crippen LogP contribution in [0.1, 0.15) is 31.9 Å². The maximum Gasteiger partial charge on any atom is 0.173 e. The molecular formula is C9H15BrN2O. The summed E-state index contributed by atoms with van der Waals surface area (Å²) < 4.78 is 5.92. The molecule has 4 heteroatoms. The van der Waals surface area contributed by atoms with Crippen LogP contribution in [0.25, 0.3) is 0 Å². The highest BCUT2D eigenvalue weighted by Gasteiger charge is 2.20. The van der Waals surface area contributed by atoms with Crippen molar-refractivity contribution in [3.05, 3.63) is 22.6 Å². The lowest BCUT2D eigenvalue weighted by molar-refractivity contribution is 0.377. The van der Waals surface area contributed by atoms with Crippen LogP contribution in [0.3, 0.4) is 0 Å². The minimum absolute atomic E-state index is 0.151. The predicted octanol–water partition coefficient (Wildman–Crippen LogP) is 2.59. The van der Waals surface area contributed by atoms with Crippen molar-refractivity contribution < 1.29 is 4.42 Å². The molecule has 0 aliphatic heterocycles. The second-order valence-corrected chi connectivity index (χ2v) is 3.90. The number of hydrogen-bond donors (Lipinski definition) is 2. The van der Waals surface area contributed by atoms with E-state index in [1.165, 1.54) is 0 Å². The quantitative estimate of drug-likeness (QED) is 0.635. The van der Waals surface area contributed by atoms with Crippen molar-refractivity contribution in [2.45, 2.75) is 26.3 Å². The molecule has 74 valence electrons. The Morgan fingerprint density at radius 2 is 2.38 bits per heavy atom. The van der Waals surface area contributed by atoms with Crippen LogP contribution in [0.5, 0.6) is 0 Å². The van der Waals surface area contributed by atoms with Crippen LogP contribution in [0.4, 0.5) is 0 Å². The van der Waals surface area contributed by atoms with Crippen molar-refractivity contribution in [1.82, 2.24) is 5.43 Å². The van der Waals surface area contributed by atoms with E-state index in [-0.39, 0.29) is 6.04 Å². The summed E-state index contributed by atoms with van der Waals surface area (Å²) in [4.78, 5) is 0. The first-order valence-corrected chi connectivity index (χ1v) is 5.19. The molecule has 0 fully saturated rings. The lowest BCUT2D eigenvalue weighted by Gasteiger charge is -2.20. The molecule has 0 aromatic carbocycles. The topological polar surface area (TPSA) is 51.2 Å². The maximum absolute atomic E-state index is 5.50. The molecule has 0 radical (unpaired) electrons. The zero-order valence-electron chi connectivity index (χ0n) is 7.88. The largest absolute Gasteiger partial charge is 0.457 e. The van der Waals surface area contributed by atoms with Crippen molar-refractivity contribution in [3.8, 4) is 0 Å². The molecule has 3 N–H and O–H groups in total. The average Bonchev–Trinajstić information content (AvgIpc) is 2.53.